The number of hydrogen-bond acceptors (Lipinski definition) is 5. The quantitative estimate of drug-likeness (QED) is 0.786. The van der Waals surface area contributed by atoms with Crippen molar-refractivity contribution in [3.05, 3.63) is 18.0 Å². The maximum absolute atomic E-state index is 12.4. The summed E-state index contributed by atoms with van der Waals surface area (Å²) in [5.41, 5.74) is 1.13. The number of aryl methyl sites for hydroxylation is 1. The predicted molar refractivity (Wildman–Crippen MR) is 75.0 cm³/mol. The Labute approximate surface area is 119 Å². The van der Waals surface area contributed by atoms with Crippen LogP contribution in [0.15, 0.2) is 12.4 Å². The van der Waals surface area contributed by atoms with Gasteiger partial charge in [0.05, 0.1) is 18.6 Å². The van der Waals surface area contributed by atoms with Crippen molar-refractivity contribution in [3.8, 4) is 0 Å². The topological polar surface area (TPSA) is 64.4 Å². The first-order valence-corrected chi connectivity index (χ1v) is 8.53. The first-order chi connectivity index (χ1) is 9.47. The van der Waals surface area contributed by atoms with Gasteiger partial charge in [-0.3, -0.25) is 9.58 Å². The fourth-order valence-corrected chi connectivity index (χ4v) is 6.00. The average molecular weight is 299 g/mol. The van der Waals surface area contributed by atoms with Crippen molar-refractivity contribution in [1.29, 1.82) is 0 Å². The molecule has 2 aliphatic rings. The summed E-state index contributed by atoms with van der Waals surface area (Å²) in [5, 5.41) is 4.14. The molecule has 1 atom stereocenters. The zero-order valence-corrected chi connectivity index (χ0v) is 12.8. The minimum Gasteiger partial charge on any atom is -0.384 e. The van der Waals surface area contributed by atoms with Gasteiger partial charge < -0.3 is 4.74 Å². The number of aromatic nitrogens is 2. The van der Waals surface area contributed by atoms with Crippen LogP contribution in [0.3, 0.4) is 0 Å². The van der Waals surface area contributed by atoms with Crippen LogP contribution in [0.2, 0.25) is 0 Å². The summed E-state index contributed by atoms with van der Waals surface area (Å²) in [7, 11) is 0.546. The van der Waals surface area contributed by atoms with Crippen LogP contribution < -0.4 is 0 Å². The first kappa shape index (κ1) is 14.0. The van der Waals surface area contributed by atoms with Gasteiger partial charge in [0, 0.05) is 51.5 Å². The molecule has 0 N–H and O–H groups in total. The molecule has 112 valence electrons. The van der Waals surface area contributed by atoms with Crippen molar-refractivity contribution in [2.24, 2.45) is 13.0 Å². The van der Waals surface area contributed by atoms with E-state index in [4.69, 9.17) is 4.74 Å². The second-order valence-electron chi connectivity index (χ2n) is 5.99. The number of sulfone groups is 1. The van der Waals surface area contributed by atoms with Crippen molar-refractivity contribution in [2.45, 2.75) is 17.7 Å². The third kappa shape index (κ3) is 2.08. The lowest BCUT2D eigenvalue weighted by Crippen LogP contribution is -2.67. The van der Waals surface area contributed by atoms with E-state index in [2.05, 4.69) is 10.00 Å². The van der Waals surface area contributed by atoms with Gasteiger partial charge in [-0.05, 0) is 6.42 Å². The Hall–Kier alpha value is -0.920. The van der Waals surface area contributed by atoms with E-state index in [1.807, 2.05) is 19.4 Å². The zero-order chi connectivity index (χ0) is 14.4. The highest BCUT2D eigenvalue weighted by Gasteiger charge is 2.61. The summed E-state index contributed by atoms with van der Waals surface area (Å²) >= 11 is 0. The number of nitrogens with zero attached hydrogens (tertiary/aromatic N) is 3. The molecule has 1 spiro atoms. The Balaban J connectivity index is 1.69. The summed E-state index contributed by atoms with van der Waals surface area (Å²) in [4.78, 5) is 2.18. The van der Waals surface area contributed by atoms with Crippen LogP contribution in [0.1, 0.15) is 12.0 Å². The van der Waals surface area contributed by atoms with Crippen LogP contribution in [0.5, 0.6) is 0 Å². The Morgan fingerprint density at radius 2 is 2.25 bits per heavy atom. The summed E-state index contributed by atoms with van der Waals surface area (Å²) in [6.45, 7) is 2.56. The largest absolute Gasteiger partial charge is 0.384 e. The molecule has 0 saturated carbocycles. The van der Waals surface area contributed by atoms with E-state index in [-0.39, 0.29) is 5.92 Å². The molecule has 3 heterocycles. The maximum Gasteiger partial charge on any atom is 0.158 e. The zero-order valence-electron chi connectivity index (χ0n) is 11.9. The number of ether oxygens (including phenoxy) is 1. The van der Waals surface area contributed by atoms with Crippen LogP contribution in [0.4, 0.5) is 0 Å². The van der Waals surface area contributed by atoms with E-state index in [1.54, 1.807) is 11.8 Å². The molecule has 0 unspecified atom stereocenters. The molecule has 0 bridgehead atoms. The van der Waals surface area contributed by atoms with Crippen molar-refractivity contribution >= 4 is 9.84 Å². The van der Waals surface area contributed by atoms with Gasteiger partial charge >= 0.3 is 0 Å². The van der Waals surface area contributed by atoms with Gasteiger partial charge in [-0.25, -0.2) is 8.42 Å². The Kier molecular flexibility index (Phi) is 3.38. The number of hydrogen-bond donors (Lipinski definition) is 0. The van der Waals surface area contributed by atoms with Crippen LogP contribution in [-0.2, 0) is 28.2 Å². The lowest BCUT2D eigenvalue weighted by atomic mass is 9.83. The molecule has 1 aromatic heterocycles. The van der Waals surface area contributed by atoms with Gasteiger partial charge in [-0.15, -0.1) is 0 Å². The second kappa shape index (κ2) is 4.82. The van der Waals surface area contributed by atoms with E-state index in [0.717, 1.165) is 18.5 Å². The van der Waals surface area contributed by atoms with Gasteiger partial charge in [0.15, 0.2) is 9.84 Å². The summed E-state index contributed by atoms with van der Waals surface area (Å²) in [6, 6.07) is 0. The maximum atomic E-state index is 12.4. The number of methoxy groups -OCH3 is 1. The molecule has 0 aromatic carbocycles. The average Bonchev–Trinajstić information content (AvgIpc) is 2.84. The molecule has 2 saturated heterocycles. The van der Waals surface area contributed by atoms with E-state index in [0.29, 0.717) is 25.4 Å². The normalized spacial score (nSPS) is 27.8. The molecule has 2 aliphatic heterocycles. The standard InChI is InChI=1S/C13H21N3O3S/c1-15-6-11(5-14-15)7-16-9-13(10-16)12(8-19-2)3-4-20(13,17)18/h5-6,12H,3-4,7-10H2,1-2H3/t12-/m0/s1. The molecule has 6 nitrogen and oxygen atoms in total. The molecule has 0 radical (unpaired) electrons. The van der Waals surface area contributed by atoms with Crippen LogP contribution >= 0.6 is 0 Å². The highest BCUT2D eigenvalue weighted by atomic mass is 32.2. The summed E-state index contributed by atoms with van der Waals surface area (Å²) in [5.74, 6) is 0.449. The molecule has 3 rings (SSSR count). The molecule has 0 amide bonds. The van der Waals surface area contributed by atoms with E-state index in [1.165, 1.54) is 0 Å². The van der Waals surface area contributed by atoms with Gasteiger partial charge in [0.1, 0.15) is 4.75 Å². The van der Waals surface area contributed by atoms with Crippen LogP contribution in [0.25, 0.3) is 0 Å². The van der Waals surface area contributed by atoms with Crippen molar-refractivity contribution in [2.75, 3.05) is 32.6 Å². The van der Waals surface area contributed by atoms with Crippen molar-refractivity contribution < 1.29 is 13.2 Å². The molecular weight excluding hydrogens is 278 g/mol. The van der Waals surface area contributed by atoms with Gasteiger partial charge in [-0.2, -0.15) is 5.10 Å². The smallest absolute Gasteiger partial charge is 0.158 e. The molecule has 7 heteroatoms. The third-order valence-corrected chi connectivity index (χ3v) is 7.22. The molecule has 20 heavy (non-hydrogen) atoms. The molecular formula is C13H21N3O3S. The van der Waals surface area contributed by atoms with Gasteiger partial charge in [0.2, 0.25) is 0 Å². The Morgan fingerprint density at radius 1 is 1.50 bits per heavy atom. The molecule has 0 aliphatic carbocycles. The second-order valence-corrected chi connectivity index (χ2v) is 8.44. The number of rotatable bonds is 4. The molecule has 2 fully saturated rings. The van der Waals surface area contributed by atoms with E-state index in [9.17, 15) is 8.42 Å². The lowest BCUT2D eigenvalue weighted by molar-refractivity contribution is 0.0411. The highest BCUT2D eigenvalue weighted by Crippen LogP contribution is 2.45. The summed E-state index contributed by atoms with van der Waals surface area (Å²) < 4.78 is 31.1. The number of likely N-dealkylation sites (tertiary alicyclic amines) is 1. The van der Waals surface area contributed by atoms with E-state index < -0.39 is 14.6 Å². The predicted octanol–water partition coefficient (Wildman–Crippen LogP) is 0.0556. The highest BCUT2D eigenvalue weighted by molar-refractivity contribution is 7.93. The Bertz CT molecular complexity index is 590. The van der Waals surface area contributed by atoms with Crippen molar-refractivity contribution in [3.63, 3.8) is 0 Å². The fourth-order valence-electron chi connectivity index (χ4n) is 3.54. The third-order valence-electron chi connectivity index (χ3n) is 4.61. The molecule has 1 aromatic rings. The Morgan fingerprint density at radius 3 is 2.85 bits per heavy atom. The van der Waals surface area contributed by atoms with E-state index >= 15 is 0 Å². The fraction of sp³-hybridized carbons (Fsp3) is 0.769. The minimum absolute atomic E-state index is 0.141. The van der Waals surface area contributed by atoms with Gasteiger partial charge in [-0.1, -0.05) is 0 Å². The lowest BCUT2D eigenvalue weighted by Gasteiger charge is -2.49. The monoisotopic (exact) mass is 299 g/mol. The van der Waals surface area contributed by atoms with Crippen LogP contribution in [0, 0.1) is 5.92 Å². The SMILES string of the molecule is COC[C@@H]1CCS(=O)(=O)C12CN(Cc1cnn(C)c1)C2. The van der Waals surface area contributed by atoms with Crippen molar-refractivity contribution in [1.82, 2.24) is 14.7 Å². The van der Waals surface area contributed by atoms with Gasteiger partial charge in [0.25, 0.3) is 0 Å². The minimum atomic E-state index is -2.98. The van der Waals surface area contributed by atoms with Crippen LogP contribution in [-0.4, -0.2) is 60.4 Å². The first-order valence-electron chi connectivity index (χ1n) is 6.88. The summed E-state index contributed by atoms with van der Waals surface area (Å²) in [6.07, 6.45) is 4.54.